The summed E-state index contributed by atoms with van der Waals surface area (Å²) in [6, 6.07) is 15.4. The summed E-state index contributed by atoms with van der Waals surface area (Å²) in [4.78, 5) is 24.6. The molecule has 1 fully saturated rings. The molecule has 1 aliphatic rings. The second kappa shape index (κ2) is 9.26. The van der Waals surface area contributed by atoms with Gasteiger partial charge in [0.05, 0.1) is 26.1 Å². The number of hydrogen-bond acceptors (Lipinski definition) is 4. The maximum atomic E-state index is 12.4. The van der Waals surface area contributed by atoms with Gasteiger partial charge in [0, 0.05) is 18.3 Å². The van der Waals surface area contributed by atoms with E-state index in [0.29, 0.717) is 30.2 Å². The number of benzene rings is 2. The fraction of sp³-hybridized carbons (Fsp3) is 0.364. The second-order valence-electron chi connectivity index (χ2n) is 6.89. The molecule has 0 bridgehead atoms. The highest BCUT2D eigenvalue weighted by molar-refractivity contribution is 5.99. The second-order valence-corrected chi connectivity index (χ2v) is 6.89. The lowest BCUT2D eigenvalue weighted by molar-refractivity contribution is -0.125. The van der Waals surface area contributed by atoms with E-state index < -0.39 is 0 Å². The molecule has 0 heterocycles. The molecule has 148 valence electrons. The first kappa shape index (κ1) is 19.7. The minimum atomic E-state index is -0.276. The number of hydrogen-bond donors (Lipinski definition) is 2. The molecule has 2 aromatic carbocycles. The van der Waals surface area contributed by atoms with Gasteiger partial charge in [-0.25, -0.2) is 0 Å². The molecular formula is C22H26N2O4. The molecule has 0 saturated heterocycles. The lowest BCUT2D eigenvalue weighted by Gasteiger charge is -2.10. The zero-order chi connectivity index (χ0) is 19.9. The number of carbonyl (C=O) groups excluding carboxylic acids is 2. The van der Waals surface area contributed by atoms with Crippen LogP contribution in [-0.2, 0) is 16.0 Å². The Balaban J connectivity index is 1.41. The zero-order valence-electron chi connectivity index (χ0n) is 16.2. The van der Waals surface area contributed by atoms with Gasteiger partial charge in [-0.2, -0.15) is 0 Å². The maximum absolute atomic E-state index is 12.4. The van der Waals surface area contributed by atoms with Crippen LogP contribution in [0.15, 0.2) is 48.5 Å². The number of methoxy groups -OCH3 is 2. The van der Waals surface area contributed by atoms with Crippen LogP contribution < -0.4 is 20.1 Å². The van der Waals surface area contributed by atoms with E-state index in [1.807, 2.05) is 18.2 Å². The molecule has 2 amide bonds. The quantitative estimate of drug-likeness (QED) is 0.654. The van der Waals surface area contributed by atoms with Crippen LogP contribution in [0.1, 0.15) is 18.4 Å². The summed E-state index contributed by atoms with van der Waals surface area (Å²) in [5.74, 6) is 0.444. The third-order valence-corrected chi connectivity index (χ3v) is 4.90. The molecule has 2 atom stereocenters. The van der Waals surface area contributed by atoms with E-state index in [1.165, 1.54) is 5.56 Å². The van der Waals surface area contributed by atoms with E-state index in [0.717, 1.165) is 12.8 Å². The van der Waals surface area contributed by atoms with Gasteiger partial charge < -0.3 is 20.1 Å². The average Bonchev–Trinajstić information content (AvgIpc) is 3.53. The summed E-state index contributed by atoms with van der Waals surface area (Å²) in [5.41, 5.74) is 1.88. The van der Waals surface area contributed by atoms with Crippen molar-refractivity contribution in [2.75, 3.05) is 26.1 Å². The summed E-state index contributed by atoms with van der Waals surface area (Å²) in [6.07, 6.45) is 2.39. The highest BCUT2D eigenvalue weighted by Gasteiger charge is 2.47. The predicted molar refractivity (Wildman–Crippen MR) is 108 cm³/mol. The van der Waals surface area contributed by atoms with Gasteiger partial charge >= 0.3 is 0 Å². The first-order chi connectivity index (χ1) is 13.6. The number of ether oxygens (including phenoxy) is 2. The Bertz CT molecular complexity index is 823. The van der Waals surface area contributed by atoms with Crippen LogP contribution in [0.25, 0.3) is 0 Å². The van der Waals surface area contributed by atoms with Crippen LogP contribution in [0.4, 0.5) is 5.69 Å². The first-order valence-electron chi connectivity index (χ1n) is 9.47. The molecule has 0 radical (unpaired) electrons. The van der Waals surface area contributed by atoms with Crippen molar-refractivity contribution in [3.05, 3.63) is 54.1 Å². The monoisotopic (exact) mass is 382 g/mol. The molecule has 2 N–H and O–H groups in total. The van der Waals surface area contributed by atoms with Crippen molar-refractivity contribution in [3.63, 3.8) is 0 Å². The summed E-state index contributed by atoms with van der Waals surface area (Å²) in [6.45, 7) is 0.619. The Morgan fingerprint density at radius 1 is 0.964 bits per heavy atom. The van der Waals surface area contributed by atoms with E-state index in [9.17, 15) is 9.59 Å². The molecule has 0 aliphatic heterocycles. The SMILES string of the molecule is COc1ccc(NC(=O)C2CC2C(=O)NCCCc2ccccc2)cc1OC. The van der Waals surface area contributed by atoms with Gasteiger partial charge in [0.2, 0.25) is 11.8 Å². The standard InChI is InChI=1S/C22H26N2O4/c1-27-19-11-10-16(13-20(19)28-2)24-22(26)18-14-17(18)21(25)23-12-6-9-15-7-4-3-5-8-15/h3-5,7-8,10-11,13,17-18H,6,9,12,14H2,1-2H3,(H,23,25)(H,24,26). The van der Waals surface area contributed by atoms with Gasteiger partial charge in [0.15, 0.2) is 11.5 Å². The van der Waals surface area contributed by atoms with Crippen LogP contribution in [0.3, 0.4) is 0 Å². The molecular weight excluding hydrogens is 356 g/mol. The number of amides is 2. The van der Waals surface area contributed by atoms with Gasteiger partial charge in [-0.15, -0.1) is 0 Å². The van der Waals surface area contributed by atoms with Crippen molar-refractivity contribution in [2.24, 2.45) is 11.8 Å². The molecule has 2 aromatic rings. The third-order valence-electron chi connectivity index (χ3n) is 4.90. The fourth-order valence-electron chi connectivity index (χ4n) is 3.20. The van der Waals surface area contributed by atoms with Crippen molar-refractivity contribution in [2.45, 2.75) is 19.3 Å². The highest BCUT2D eigenvalue weighted by atomic mass is 16.5. The number of aryl methyl sites for hydroxylation is 1. The van der Waals surface area contributed by atoms with E-state index >= 15 is 0 Å². The Labute approximate surface area is 165 Å². The number of carbonyl (C=O) groups is 2. The number of nitrogens with one attached hydrogen (secondary N) is 2. The summed E-state index contributed by atoms with van der Waals surface area (Å²) in [5, 5.41) is 5.79. The van der Waals surface area contributed by atoms with Crippen LogP contribution in [0.5, 0.6) is 11.5 Å². The molecule has 2 unspecified atom stereocenters. The van der Waals surface area contributed by atoms with Crippen LogP contribution in [0.2, 0.25) is 0 Å². The highest BCUT2D eigenvalue weighted by Crippen LogP contribution is 2.40. The smallest absolute Gasteiger partial charge is 0.228 e. The Kier molecular flexibility index (Phi) is 6.53. The number of anilines is 1. The Morgan fingerprint density at radius 3 is 2.39 bits per heavy atom. The largest absolute Gasteiger partial charge is 0.493 e. The zero-order valence-corrected chi connectivity index (χ0v) is 16.2. The molecule has 1 aliphatic carbocycles. The van der Waals surface area contributed by atoms with Gasteiger partial charge in [0.1, 0.15) is 0 Å². The van der Waals surface area contributed by atoms with Crippen LogP contribution >= 0.6 is 0 Å². The van der Waals surface area contributed by atoms with Crippen LogP contribution in [0, 0.1) is 11.8 Å². The minimum absolute atomic E-state index is 0.0412. The lowest BCUT2D eigenvalue weighted by atomic mass is 10.1. The Morgan fingerprint density at radius 2 is 1.68 bits per heavy atom. The lowest BCUT2D eigenvalue weighted by Crippen LogP contribution is -2.28. The third kappa shape index (κ3) is 5.03. The van der Waals surface area contributed by atoms with Crippen molar-refractivity contribution in [1.82, 2.24) is 5.32 Å². The predicted octanol–water partition coefficient (Wildman–Crippen LogP) is 3.03. The summed E-state index contributed by atoms with van der Waals surface area (Å²) in [7, 11) is 3.10. The maximum Gasteiger partial charge on any atom is 0.228 e. The average molecular weight is 382 g/mol. The normalized spacial score (nSPS) is 17.5. The summed E-state index contributed by atoms with van der Waals surface area (Å²) >= 11 is 0. The van der Waals surface area contributed by atoms with Crippen molar-refractivity contribution in [3.8, 4) is 11.5 Å². The van der Waals surface area contributed by atoms with E-state index in [2.05, 4.69) is 22.8 Å². The van der Waals surface area contributed by atoms with Gasteiger partial charge in [0.25, 0.3) is 0 Å². The van der Waals surface area contributed by atoms with Crippen molar-refractivity contribution < 1.29 is 19.1 Å². The molecule has 6 nitrogen and oxygen atoms in total. The number of rotatable bonds is 9. The van der Waals surface area contributed by atoms with E-state index in [1.54, 1.807) is 32.4 Å². The first-order valence-corrected chi connectivity index (χ1v) is 9.47. The minimum Gasteiger partial charge on any atom is -0.493 e. The van der Waals surface area contributed by atoms with Gasteiger partial charge in [-0.3, -0.25) is 9.59 Å². The summed E-state index contributed by atoms with van der Waals surface area (Å²) < 4.78 is 10.4. The molecule has 28 heavy (non-hydrogen) atoms. The van der Waals surface area contributed by atoms with E-state index in [-0.39, 0.29) is 23.7 Å². The van der Waals surface area contributed by atoms with Crippen molar-refractivity contribution in [1.29, 1.82) is 0 Å². The molecule has 6 heteroatoms. The van der Waals surface area contributed by atoms with Crippen molar-refractivity contribution >= 4 is 17.5 Å². The van der Waals surface area contributed by atoms with Crippen LogP contribution in [-0.4, -0.2) is 32.6 Å². The van der Waals surface area contributed by atoms with Gasteiger partial charge in [-0.1, -0.05) is 30.3 Å². The van der Waals surface area contributed by atoms with Gasteiger partial charge in [-0.05, 0) is 37.0 Å². The van der Waals surface area contributed by atoms with E-state index in [4.69, 9.17) is 9.47 Å². The molecule has 3 rings (SSSR count). The topological polar surface area (TPSA) is 76.7 Å². The molecule has 1 saturated carbocycles. The molecule has 0 spiro atoms. The Hall–Kier alpha value is -3.02. The fourth-order valence-corrected chi connectivity index (χ4v) is 3.20. The molecule has 0 aromatic heterocycles.